The molecule has 2 atom stereocenters. The number of piperidine rings is 1. The molecule has 1 aliphatic rings. The van der Waals surface area contributed by atoms with E-state index in [-0.39, 0.29) is 17.7 Å². The van der Waals surface area contributed by atoms with Crippen molar-refractivity contribution in [3.63, 3.8) is 0 Å². The van der Waals surface area contributed by atoms with Crippen LogP contribution in [0.15, 0.2) is 0 Å². The molecule has 5 heteroatoms. The van der Waals surface area contributed by atoms with Crippen LogP contribution in [0.5, 0.6) is 0 Å². The van der Waals surface area contributed by atoms with Crippen LogP contribution in [0.25, 0.3) is 0 Å². The van der Waals surface area contributed by atoms with E-state index in [0.29, 0.717) is 6.54 Å². The molecule has 1 saturated heterocycles. The maximum absolute atomic E-state index is 11.8. The Labute approximate surface area is 95.6 Å². The van der Waals surface area contributed by atoms with Gasteiger partial charge in [-0.2, -0.15) is 0 Å². The molecular weight excluding hydrogens is 208 g/mol. The fourth-order valence-corrected chi connectivity index (χ4v) is 1.86. The van der Waals surface area contributed by atoms with Crippen LogP contribution in [-0.4, -0.2) is 36.1 Å². The Bertz CT molecular complexity index is 260. The SMILES string of the molecule is CC(C)C(NC(=O)[C@H]1CCCNC1)C(=O)O. The minimum atomic E-state index is -0.966. The number of amides is 1. The summed E-state index contributed by atoms with van der Waals surface area (Å²) in [6, 6.07) is -0.783. The van der Waals surface area contributed by atoms with Gasteiger partial charge in [0.15, 0.2) is 0 Å². The summed E-state index contributed by atoms with van der Waals surface area (Å²) in [7, 11) is 0. The van der Waals surface area contributed by atoms with E-state index in [1.54, 1.807) is 13.8 Å². The zero-order valence-corrected chi connectivity index (χ0v) is 9.82. The zero-order valence-electron chi connectivity index (χ0n) is 9.82. The van der Waals surface area contributed by atoms with E-state index < -0.39 is 12.0 Å². The van der Waals surface area contributed by atoms with Crippen LogP contribution in [0.2, 0.25) is 0 Å². The van der Waals surface area contributed by atoms with Crippen molar-refractivity contribution in [1.29, 1.82) is 0 Å². The topological polar surface area (TPSA) is 78.4 Å². The van der Waals surface area contributed by atoms with Gasteiger partial charge in [-0.1, -0.05) is 13.8 Å². The number of carbonyl (C=O) groups is 2. The number of rotatable bonds is 4. The van der Waals surface area contributed by atoms with Gasteiger partial charge in [0, 0.05) is 6.54 Å². The van der Waals surface area contributed by atoms with Crippen LogP contribution < -0.4 is 10.6 Å². The fraction of sp³-hybridized carbons (Fsp3) is 0.818. The maximum Gasteiger partial charge on any atom is 0.326 e. The Balaban J connectivity index is 2.50. The van der Waals surface area contributed by atoms with E-state index in [1.807, 2.05) is 0 Å². The predicted molar refractivity (Wildman–Crippen MR) is 60.0 cm³/mol. The summed E-state index contributed by atoms with van der Waals surface area (Å²) in [5, 5.41) is 14.7. The van der Waals surface area contributed by atoms with E-state index in [4.69, 9.17) is 5.11 Å². The van der Waals surface area contributed by atoms with E-state index in [1.165, 1.54) is 0 Å². The van der Waals surface area contributed by atoms with Crippen LogP contribution >= 0.6 is 0 Å². The molecule has 1 rings (SSSR count). The average molecular weight is 228 g/mol. The minimum Gasteiger partial charge on any atom is -0.480 e. The Hall–Kier alpha value is -1.10. The lowest BCUT2D eigenvalue weighted by molar-refractivity contribution is -0.143. The molecule has 0 aromatic carbocycles. The number of carboxylic acid groups (broad SMARTS) is 1. The van der Waals surface area contributed by atoms with Gasteiger partial charge in [0.2, 0.25) is 5.91 Å². The summed E-state index contributed by atoms with van der Waals surface area (Å²) >= 11 is 0. The van der Waals surface area contributed by atoms with Crippen LogP contribution in [0, 0.1) is 11.8 Å². The highest BCUT2D eigenvalue weighted by Gasteiger charge is 2.28. The van der Waals surface area contributed by atoms with Gasteiger partial charge in [-0.3, -0.25) is 4.79 Å². The molecule has 92 valence electrons. The van der Waals surface area contributed by atoms with Crippen LogP contribution in [0.4, 0.5) is 0 Å². The minimum absolute atomic E-state index is 0.0886. The molecule has 0 bridgehead atoms. The maximum atomic E-state index is 11.8. The summed E-state index contributed by atoms with van der Waals surface area (Å²) in [4.78, 5) is 22.7. The third-order valence-corrected chi connectivity index (χ3v) is 2.90. The molecular formula is C11H20N2O3. The van der Waals surface area contributed by atoms with E-state index >= 15 is 0 Å². The largest absolute Gasteiger partial charge is 0.480 e. The molecule has 0 aromatic rings. The van der Waals surface area contributed by atoms with Crippen LogP contribution in [0.3, 0.4) is 0 Å². The summed E-state index contributed by atoms with van der Waals surface area (Å²) < 4.78 is 0. The molecule has 5 nitrogen and oxygen atoms in total. The third kappa shape index (κ3) is 3.48. The standard InChI is InChI=1S/C11H20N2O3/c1-7(2)9(11(15)16)13-10(14)8-4-3-5-12-6-8/h7-9,12H,3-6H2,1-2H3,(H,13,14)(H,15,16)/t8-,9?/m0/s1. The Morgan fingerprint density at radius 2 is 2.12 bits per heavy atom. The van der Waals surface area contributed by atoms with Gasteiger partial charge < -0.3 is 15.7 Å². The summed E-state index contributed by atoms with van der Waals surface area (Å²) in [6.45, 7) is 5.17. The quantitative estimate of drug-likeness (QED) is 0.643. The van der Waals surface area contributed by atoms with Gasteiger partial charge in [0.25, 0.3) is 0 Å². The Morgan fingerprint density at radius 3 is 2.56 bits per heavy atom. The van der Waals surface area contributed by atoms with E-state index in [0.717, 1.165) is 19.4 Å². The van der Waals surface area contributed by atoms with Gasteiger partial charge in [-0.25, -0.2) is 4.79 Å². The molecule has 1 unspecified atom stereocenters. The highest BCUT2D eigenvalue weighted by Crippen LogP contribution is 2.11. The van der Waals surface area contributed by atoms with Gasteiger partial charge in [-0.15, -0.1) is 0 Å². The van der Waals surface area contributed by atoms with Crippen molar-refractivity contribution in [1.82, 2.24) is 10.6 Å². The summed E-state index contributed by atoms with van der Waals surface area (Å²) in [6.07, 6.45) is 1.81. The molecule has 3 N–H and O–H groups in total. The van der Waals surface area contributed by atoms with E-state index in [9.17, 15) is 9.59 Å². The molecule has 0 aromatic heterocycles. The molecule has 1 fully saturated rings. The molecule has 0 radical (unpaired) electrons. The second-order valence-corrected chi connectivity index (χ2v) is 4.61. The van der Waals surface area contributed by atoms with Crippen molar-refractivity contribution in [3.05, 3.63) is 0 Å². The predicted octanol–water partition coefficient (Wildman–Crippen LogP) is 0.211. The molecule has 1 aliphatic heterocycles. The van der Waals surface area contributed by atoms with Gasteiger partial charge in [0.05, 0.1) is 5.92 Å². The lowest BCUT2D eigenvalue weighted by Crippen LogP contribution is -2.49. The first-order valence-electron chi connectivity index (χ1n) is 5.76. The first-order valence-corrected chi connectivity index (χ1v) is 5.76. The molecule has 0 saturated carbocycles. The number of aliphatic carboxylic acids is 1. The van der Waals surface area contributed by atoms with Crippen molar-refractivity contribution in [3.8, 4) is 0 Å². The monoisotopic (exact) mass is 228 g/mol. The first kappa shape index (κ1) is 13.0. The number of carboxylic acids is 1. The second-order valence-electron chi connectivity index (χ2n) is 4.61. The number of carbonyl (C=O) groups excluding carboxylic acids is 1. The molecule has 1 amide bonds. The fourth-order valence-electron chi connectivity index (χ4n) is 1.86. The summed E-state index contributed by atoms with van der Waals surface area (Å²) in [5.74, 6) is -1.30. The first-order chi connectivity index (χ1) is 7.52. The van der Waals surface area contributed by atoms with Crippen molar-refractivity contribution < 1.29 is 14.7 Å². The van der Waals surface area contributed by atoms with Crippen LogP contribution in [0.1, 0.15) is 26.7 Å². The van der Waals surface area contributed by atoms with E-state index in [2.05, 4.69) is 10.6 Å². The smallest absolute Gasteiger partial charge is 0.326 e. The van der Waals surface area contributed by atoms with Crippen molar-refractivity contribution >= 4 is 11.9 Å². The molecule has 16 heavy (non-hydrogen) atoms. The molecule has 0 spiro atoms. The highest BCUT2D eigenvalue weighted by atomic mass is 16.4. The van der Waals surface area contributed by atoms with Crippen molar-refractivity contribution in [2.45, 2.75) is 32.7 Å². The second kappa shape index (κ2) is 5.84. The number of nitrogens with one attached hydrogen (secondary N) is 2. The average Bonchev–Trinajstić information content (AvgIpc) is 2.25. The summed E-state index contributed by atoms with van der Waals surface area (Å²) in [5.41, 5.74) is 0. The molecule has 0 aliphatic carbocycles. The van der Waals surface area contributed by atoms with Crippen molar-refractivity contribution in [2.75, 3.05) is 13.1 Å². The molecule has 1 heterocycles. The Kier molecular flexibility index (Phi) is 4.73. The zero-order chi connectivity index (χ0) is 12.1. The lowest BCUT2D eigenvalue weighted by Gasteiger charge is -2.25. The normalized spacial score (nSPS) is 22.8. The van der Waals surface area contributed by atoms with Crippen molar-refractivity contribution in [2.24, 2.45) is 11.8 Å². The third-order valence-electron chi connectivity index (χ3n) is 2.90. The number of hydrogen-bond donors (Lipinski definition) is 3. The van der Waals surface area contributed by atoms with Crippen LogP contribution in [-0.2, 0) is 9.59 Å². The number of hydrogen-bond acceptors (Lipinski definition) is 3. The van der Waals surface area contributed by atoms with Gasteiger partial charge in [-0.05, 0) is 25.3 Å². The van der Waals surface area contributed by atoms with Gasteiger partial charge >= 0.3 is 5.97 Å². The Morgan fingerprint density at radius 1 is 1.44 bits per heavy atom. The highest BCUT2D eigenvalue weighted by molar-refractivity contribution is 5.85. The lowest BCUT2D eigenvalue weighted by atomic mass is 9.97. The van der Waals surface area contributed by atoms with Gasteiger partial charge in [0.1, 0.15) is 6.04 Å².